The standard InChI is InChI=1S/C29H34N8O2/c1-34(2)11-13-36(4)29(38)20-7-5-19(6-8-20)26-27-28(33-32-26)30-16-23(31-27)21-9-10-24-25(15-21)39-18-22-17-35(3)12-14-37(22)24/h5-10,15-16,22H,11-14,17-18H2,1-4H3,(H,30,32,33). The maximum Gasteiger partial charge on any atom is 0.253 e. The van der Waals surface area contributed by atoms with E-state index >= 15 is 0 Å². The topological polar surface area (TPSA) is 93.7 Å². The lowest BCUT2D eigenvalue weighted by Crippen LogP contribution is -2.56. The lowest BCUT2D eigenvalue weighted by Gasteiger charge is -2.44. The molecule has 2 aromatic heterocycles. The van der Waals surface area contributed by atoms with E-state index in [9.17, 15) is 4.79 Å². The Kier molecular flexibility index (Phi) is 6.66. The molecule has 4 heterocycles. The van der Waals surface area contributed by atoms with Crippen molar-refractivity contribution in [1.29, 1.82) is 0 Å². The maximum atomic E-state index is 12.8. The highest BCUT2D eigenvalue weighted by Crippen LogP contribution is 2.38. The molecule has 0 saturated carbocycles. The summed E-state index contributed by atoms with van der Waals surface area (Å²) in [5.74, 6) is 0.885. The van der Waals surface area contributed by atoms with Gasteiger partial charge in [-0.1, -0.05) is 18.2 Å². The molecular formula is C29H34N8O2. The molecule has 1 N–H and O–H groups in total. The molecule has 0 spiro atoms. The quantitative estimate of drug-likeness (QED) is 0.410. The zero-order chi connectivity index (χ0) is 27.1. The first-order valence-corrected chi connectivity index (χ1v) is 13.3. The van der Waals surface area contributed by atoms with Crippen LogP contribution >= 0.6 is 0 Å². The van der Waals surface area contributed by atoms with Crippen LogP contribution in [0, 0.1) is 0 Å². The molecule has 6 rings (SSSR count). The Labute approximate surface area is 228 Å². The van der Waals surface area contributed by atoms with Crippen LogP contribution in [0.25, 0.3) is 33.7 Å². The summed E-state index contributed by atoms with van der Waals surface area (Å²) in [5.41, 5.74) is 6.39. The minimum absolute atomic E-state index is 0.00234. The number of benzene rings is 2. The molecule has 2 aliphatic rings. The largest absolute Gasteiger partial charge is 0.489 e. The molecule has 1 fully saturated rings. The van der Waals surface area contributed by atoms with Crippen molar-refractivity contribution in [2.75, 3.05) is 72.4 Å². The van der Waals surface area contributed by atoms with Crippen LogP contribution in [0.5, 0.6) is 5.75 Å². The van der Waals surface area contributed by atoms with E-state index in [1.54, 1.807) is 11.1 Å². The number of likely N-dealkylation sites (N-methyl/N-ethyl adjacent to an activating group) is 3. The normalized spacial score (nSPS) is 17.2. The highest BCUT2D eigenvalue weighted by Gasteiger charge is 2.31. The van der Waals surface area contributed by atoms with Gasteiger partial charge in [-0.25, -0.2) is 9.97 Å². The van der Waals surface area contributed by atoms with Gasteiger partial charge in [0.2, 0.25) is 0 Å². The summed E-state index contributed by atoms with van der Waals surface area (Å²) in [7, 11) is 7.99. The van der Waals surface area contributed by atoms with Crippen molar-refractivity contribution < 1.29 is 9.53 Å². The number of nitrogens with zero attached hydrogens (tertiary/aromatic N) is 7. The minimum Gasteiger partial charge on any atom is -0.489 e. The number of aromatic nitrogens is 4. The van der Waals surface area contributed by atoms with Gasteiger partial charge in [-0.05, 0) is 45.4 Å². The summed E-state index contributed by atoms with van der Waals surface area (Å²) < 4.78 is 6.17. The van der Waals surface area contributed by atoms with Gasteiger partial charge in [0, 0.05) is 56.5 Å². The fourth-order valence-electron chi connectivity index (χ4n) is 5.27. The van der Waals surface area contributed by atoms with Gasteiger partial charge in [-0.3, -0.25) is 9.89 Å². The van der Waals surface area contributed by atoms with Crippen LogP contribution in [0.1, 0.15) is 10.4 Å². The van der Waals surface area contributed by atoms with Crippen molar-refractivity contribution in [3.8, 4) is 28.3 Å². The Balaban J connectivity index is 1.25. The van der Waals surface area contributed by atoms with Gasteiger partial charge < -0.3 is 24.3 Å². The summed E-state index contributed by atoms with van der Waals surface area (Å²) in [4.78, 5) is 30.9. The number of piperazine rings is 1. The van der Waals surface area contributed by atoms with Crippen LogP contribution in [0.3, 0.4) is 0 Å². The van der Waals surface area contributed by atoms with Gasteiger partial charge in [0.1, 0.15) is 17.9 Å². The number of nitrogens with one attached hydrogen (secondary N) is 1. The summed E-state index contributed by atoms with van der Waals surface area (Å²) in [6, 6.07) is 14.2. The number of aromatic amines is 1. The lowest BCUT2D eigenvalue weighted by molar-refractivity contribution is 0.0786. The monoisotopic (exact) mass is 526 g/mol. The van der Waals surface area contributed by atoms with Gasteiger partial charge in [-0.2, -0.15) is 5.10 Å². The number of H-pyrrole nitrogens is 1. The molecule has 0 radical (unpaired) electrons. The SMILES string of the molecule is CN(C)CCN(C)C(=O)c1ccc(-c2[nH]nc3ncc(-c4ccc5c(c4)OCC4CN(C)CCN54)nc23)cc1. The van der Waals surface area contributed by atoms with Crippen LogP contribution in [-0.2, 0) is 0 Å². The Hall–Kier alpha value is -4.02. The van der Waals surface area contributed by atoms with E-state index in [0.29, 0.717) is 35.9 Å². The van der Waals surface area contributed by atoms with E-state index in [4.69, 9.17) is 9.72 Å². The number of hydrogen-bond donors (Lipinski definition) is 1. The number of amides is 1. The van der Waals surface area contributed by atoms with E-state index in [0.717, 1.165) is 60.1 Å². The van der Waals surface area contributed by atoms with E-state index in [1.165, 1.54) is 0 Å². The van der Waals surface area contributed by atoms with E-state index in [-0.39, 0.29) is 5.91 Å². The van der Waals surface area contributed by atoms with Crippen molar-refractivity contribution in [2.24, 2.45) is 0 Å². The predicted molar refractivity (Wildman–Crippen MR) is 152 cm³/mol. The minimum atomic E-state index is -0.00234. The average molecular weight is 527 g/mol. The van der Waals surface area contributed by atoms with E-state index in [2.05, 4.69) is 55.1 Å². The number of ether oxygens (including phenoxy) is 1. The summed E-state index contributed by atoms with van der Waals surface area (Å²) >= 11 is 0. The predicted octanol–water partition coefficient (Wildman–Crippen LogP) is 2.83. The molecule has 39 heavy (non-hydrogen) atoms. The summed E-state index contributed by atoms with van der Waals surface area (Å²) in [6.07, 6.45) is 1.75. The van der Waals surface area contributed by atoms with E-state index in [1.807, 2.05) is 45.4 Å². The third-order valence-corrected chi connectivity index (χ3v) is 7.60. The molecule has 0 bridgehead atoms. The van der Waals surface area contributed by atoms with Crippen molar-refractivity contribution in [1.82, 2.24) is 34.9 Å². The van der Waals surface area contributed by atoms with E-state index < -0.39 is 0 Å². The number of hydrogen-bond acceptors (Lipinski definition) is 8. The molecule has 1 unspecified atom stereocenters. The van der Waals surface area contributed by atoms with Gasteiger partial charge >= 0.3 is 0 Å². The number of fused-ring (bicyclic) bond motifs is 4. The summed E-state index contributed by atoms with van der Waals surface area (Å²) in [6.45, 7) is 5.22. The van der Waals surface area contributed by atoms with Crippen molar-refractivity contribution in [3.05, 3.63) is 54.2 Å². The zero-order valence-corrected chi connectivity index (χ0v) is 22.9. The van der Waals surface area contributed by atoms with Crippen LogP contribution in [-0.4, -0.2) is 114 Å². The smallest absolute Gasteiger partial charge is 0.253 e. The second-order valence-electron chi connectivity index (χ2n) is 10.7. The first kappa shape index (κ1) is 25.3. The molecule has 1 amide bonds. The van der Waals surface area contributed by atoms with Gasteiger partial charge in [-0.15, -0.1) is 0 Å². The Morgan fingerprint density at radius 3 is 2.67 bits per heavy atom. The molecule has 1 saturated heterocycles. The first-order valence-electron chi connectivity index (χ1n) is 13.3. The molecule has 4 aromatic rings. The zero-order valence-electron chi connectivity index (χ0n) is 22.9. The molecule has 1 atom stereocenters. The van der Waals surface area contributed by atoms with Crippen LogP contribution in [0.2, 0.25) is 0 Å². The van der Waals surface area contributed by atoms with Crippen LogP contribution < -0.4 is 9.64 Å². The van der Waals surface area contributed by atoms with Crippen LogP contribution in [0.15, 0.2) is 48.7 Å². The third kappa shape index (κ3) is 4.93. The van der Waals surface area contributed by atoms with Gasteiger partial charge in [0.05, 0.1) is 29.3 Å². The highest BCUT2D eigenvalue weighted by atomic mass is 16.5. The van der Waals surface area contributed by atoms with Crippen LogP contribution in [0.4, 0.5) is 5.69 Å². The van der Waals surface area contributed by atoms with Crippen molar-refractivity contribution >= 4 is 22.8 Å². The third-order valence-electron chi connectivity index (χ3n) is 7.60. The summed E-state index contributed by atoms with van der Waals surface area (Å²) in [5, 5.41) is 7.45. The fraction of sp³-hybridized carbons (Fsp3) is 0.379. The molecule has 2 aliphatic heterocycles. The maximum absolute atomic E-state index is 12.8. The molecular weight excluding hydrogens is 492 g/mol. The second-order valence-corrected chi connectivity index (χ2v) is 10.7. The Morgan fingerprint density at radius 1 is 1.08 bits per heavy atom. The van der Waals surface area contributed by atoms with Gasteiger partial charge in [0.15, 0.2) is 5.65 Å². The lowest BCUT2D eigenvalue weighted by atomic mass is 10.1. The number of carbonyl (C=O) groups excluding carboxylic acids is 1. The number of rotatable bonds is 6. The number of anilines is 1. The van der Waals surface area contributed by atoms with Crippen molar-refractivity contribution in [2.45, 2.75) is 6.04 Å². The average Bonchev–Trinajstić information content (AvgIpc) is 3.38. The molecule has 0 aliphatic carbocycles. The number of carbonyl (C=O) groups is 1. The van der Waals surface area contributed by atoms with Gasteiger partial charge in [0.25, 0.3) is 5.91 Å². The Morgan fingerprint density at radius 2 is 1.87 bits per heavy atom. The second kappa shape index (κ2) is 10.3. The Bertz CT molecular complexity index is 1500. The molecule has 2 aromatic carbocycles. The molecule has 10 nitrogen and oxygen atoms in total. The van der Waals surface area contributed by atoms with Crippen molar-refractivity contribution in [3.63, 3.8) is 0 Å². The molecule has 202 valence electrons. The molecule has 10 heteroatoms. The highest BCUT2D eigenvalue weighted by molar-refractivity contribution is 5.95. The fourth-order valence-corrected chi connectivity index (χ4v) is 5.27. The first-order chi connectivity index (χ1) is 18.9.